The fourth-order valence-electron chi connectivity index (χ4n) is 0.700. The topological polar surface area (TPSA) is 91.3 Å². The summed E-state index contributed by atoms with van der Waals surface area (Å²) in [6, 6.07) is 2.08. The van der Waals surface area contributed by atoms with Crippen molar-refractivity contribution in [3.8, 4) is 0 Å². The van der Waals surface area contributed by atoms with Crippen molar-refractivity contribution in [2.24, 2.45) is 0 Å². The first-order chi connectivity index (χ1) is 6.24. The summed E-state index contributed by atoms with van der Waals surface area (Å²) < 4.78 is 0. The lowest BCUT2D eigenvalue weighted by atomic mass is 10.3. The van der Waals surface area contributed by atoms with E-state index in [1.54, 1.807) is 6.07 Å². The number of urea groups is 1. The van der Waals surface area contributed by atoms with Gasteiger partial charge in [-0.05, 0) is 12.1 Å². The number of amides is 3. The van der Waals surface area contributed by atoms with Gasteiger partial charge in [0, 0.05) is 12.4 Å². The summed E-state index contributed by atoms with van der Waals surface area (Å²) in [7, 11) is 0. The standard InChI is InChI=1S/C7H7N3O3/c11-6(9-7(12)10-13)5-2-1-3-8-4-5/h1-4,13H,(H2,9,10,11,12). The van der Waals surface area contributed by atoms with Gasteiger partial charge < -0.3 is 0 Å². The Kier molecular flexibility index (Phi) is 2.93. The molecule has 3 N–H and O–H groups in total. The van der Waals surface area contributed by atoms with E-state index in [4.69, 9.17) is 5.21 Å². The third-order valence-corrected chi connectivity index (χ3v) is 1.25. The van der Waals surface area contributed by atoms with Crippen LogP contribution in [0.1, 0.15) is 10.4 Å². The van der Waals surface area contributed by atoms with Gasteiger partial charge in [-0.1, -0.05) is 0 Å². The smallest absolute Gasteiger partial charge is 0.287 e. The fourth-order valence-corrected chi connectivity index (χ4v) is 0.700. The Morgan fingerprint density at radius 1 is 1.46 bits per heavy atom. The second kappa shape index (κ2) is 4.17. The summed E-state index contributed by atoms with van der Waals surface area (Å²) in [6.07, 6.45) is 2.81. The molecule has 0 fully saturated rings. The van der Waals surface area contributed by atoms with Crippen LogP contribution in [0.25, 0.3) is 0 Å². The summed E-state index contributed by atoms with van der Waals surface area (Å²) in [5, 5.41) is 9.97. The normalized spacial score (nSPS) is 9.00. The van der Waals surface area contributed by atoms with Gasteiger partial charge in [0.05, 0.1) is 5.56 Å². The van der Waals surface area contributed by atoms with Crippen molar-refractivity contribution in [1.82, 2.24) is 15.8 Å². The Morgan fingerprint density at radius 3 is 2.77 bits per heavy atom. The first-order valence-corrected chi connectivity index (χ1v) is 3.39. The number of nitrogens with zero attached hydrogens (tertiary/aromatic N) is 1. The lowest BCUT2D eigenvalue weighted by Crippen LogP contribution is -2.37. The maximum atomic E-state index is 11.1. The molecule has 1 heterocycles. The van der Waals surface area contributed by atoms with Crippen LogP contribution >= 0.6 is 0 Å². The Labute approximate surface area is 73.6 Å². The summed E-state index contributed by atoms with van der Waals surface area (Å²) in [6.45, 7) is 0. The number of imide groups is 1. The molecule has 0 aliphatic rings. The van der Waals surface area contributed by atoms with Crippen molar-refractivity contribution in [3.05, 3.63) is 30.1 Å². The zero-order chi connectivity index (χ0) is 9.68. The number of carbonyl (C=O) groups excluding carboxylic acids is 2. The molecule has 3 amide bonds. The van der Waals surface area contributed by atoms with Gasteiger partial charge in [0.1, 0.15) is 0 Å². The molecule has 0 saturated carbocycles. The lowest BCUT2D eigenvalue weighted by molar-refractivity contribution is 0.0944. The van der Waals surface area contributed by atoms with Crippen LogP contribution in [-0.2, 0) is 0 Å². The van der Waals surface area contributed by atoms with Crippen LogP contribution in [0.5, 0.6) is 0 Å². The highest BCUT2D eigenvalue weighted by atomic mass is 16.5. The van der Waals surface area contributed by atoms with Gasteiger partial charge in [-0.25, -0.2) is 10.3 Å². The highest BCUT2D eigenvalue weighted by Crippen LogP contribution is 1.94. The number of hydroxylamine groups is 1. The SMILES string of the molecule is O=C(NO)NC(=O)c1cccnc1. The van der Waals surface area contributed by atoms with Crippen molar-refractivity contribution in [3.63, 3.8) is 0 Å². The molecule has 1 aromatic heterocycles. The van der Waals surface area contributed by atoms with Crippen molar-refractivity contribution in [2.75, 3.05) is 0 Å². The number of nitrogens with one attached hydrogen (secondary N) is 2. The maximum absolute atomic E-state index is 11.1. The molecule has 0 saturated heterocycles. The second-order valence-electron chi connectivity index (χ2n) is 2.14. The number of rotatable bonds is 1. The summed E-state index contributed by atoms with van der Waals surface area (Å²) >= 11 is 0. The fraction of sp³-hybridized carbons (Fsp3) is 0. The minimum Gasteiger partial charge on any atom is -0.287 e. The molecule has 0 aromatic carbocycles. The van der Waals surface area contributed by atoms with Gasteiger partial charge in [0.2, 0.25) is 0 Å². The molecule has 0 aliphatic carbocycles. The highest BCUT2D eigenvalue weighted by molar-refractivity contribution is 6.03. The van der Waals surface area contributed by atoms with Crippen molar-refractivity contribution in [2.45, 2.75) is 0 Å². The summed E-state index contributed by atoms with van der Waals surface area (Å²) in [5.74, 6) is -0.625. The minimum atomic E-state index is -0.978. The van der Waals surface area contributed by atoms with E-state index in [2.05, 4.69) is 4.98 Å². The van der Waals surface area contributed by atoms with E-state index in [1.165, 1.54) is 23.9 Å². The average Bonchev–Trinajstić information content (AvgIpc) is 2.19. The largest absolute Gasteiger partial charge is 0.345 e. The molecule has 6 nitrogen and oxygen atoms in total. The number of hydrogen-bond acceptors (Lipinski definition) is 4. The minimum absolute atomic E-state index is 0.242. The van der Waals surface area contributed by atoms with Crippen LogP contribution in [-0.4, -0.2) is 22.1 Å². The first kappa shape index (κ1) is 9.14. The lowest BCUT2D eigenvalue weighted by Gasteiger charge is -2.00. The number of pyridine rings is 1. The molecule has 6 heteroatoms. The predicted molar refractivity (Wildman–Crippen MR) is 42.0 cm³/mol. The van der Waals surface area contributed by atoms with Gasteiger partial charge >= 0.3 is 6.03 Å². The van der Waals surface area contributed by atoms with Crippen molar-refractivity contribution < 1.29 is 14.8 Å². The van der Waals surface area contributed by atoms with Gasteiger partial charge in [-0.3, -0.25) is 20.3 Å². The van der Waals surface area contributed by atoms with Crippen LogP contribution in [0, 0.1) is 0 Å². The summed E-state index contributed by atoms with van der Waals surface area (Å²) in [4.78, 5) is 25.3. The van der Waals surface area contributed by atoms with E-state index in [9.17, 15) is 9.59 Å². The number of aromatic nitrogens is 1. The van der Waals surface area contributed by atoms with E-state index in [0.717, 1.165) is 0 Å². The predicted octanol–water partition coefficient (Wildman–Crippen LogP) is -0.0898. The number of hydrogen-bond donors (Lipinski definition) is 3. The van der Waals surface area contributed by atoms with E-state index in [1.807, 2.05) is 5.32 Å². The van der Waals surface area contributed by atoms with Crippen LogP contribution in [0.15, 0.2) is 24.5 Å². The molecule has 0 atom stereocenters. The van der Waals surface area contributed by atoms with Crippen LogP contribution in [0.3, 0.4) is 0 Å². The molecule has 13 heavy (non-hydrogen) atoms. The Bertz CT molecular complexity index is 312. The van der Waals surface area contributed by atoms with Crippen LogP contribution in [0.2, 0.25) is 0 Å². The highest BCUT2D eigenvalue weighted by Gasteiger charge is 2.08. The molecule has 0 radical (unpaired) electrons. The van der Waals surface area contributed by atoms with E-state index < -0.39 is 11.9 Å². The molecule has 0 unspecified atom stereocenters. The Hall–Kier alpha value is -1.95. The van der Waals surface area contributed by atoms with Crippen LogP contribution in [0.4, 0.5) is 4.79 Å². The van der Waals surface area contributed by atoms with Crippen LogP contribution < -0.4 is 10.8 Å². The second-order valence-corrected chi connectivity index (χ2v) is 2.14. The molecule has 0 spiro atoms. The molecular weight excluding hydrogens is 174 g/mol. The monoisotopic (exact) mass is 181 g/mol. The average molecular weight is 181 g/mol. The Balaban J connectivity index is 2.65. The van der Waals surface area contributed by atoms with Gasteiger partial charge in [0.15, 0.2) is 0 Å². The van der Waals surface area contributed by atoms with E-state index in [-0.39, 0.29) is 5.56 Å². The molecule has 1 rings (SSSR count). The molecule has 68 valence electrons. The molecule has 1 aromatic rings. The van der Waals surface area contributed by atoms with Gasteiger partial charge in [-0.2, -0.15) is 0 Å². The third-order valence-electron chi connectivity index (χ3n) is 1.25. The zero-order valence-corrected chi connectivity index (χ0v) is 6.52. The van der Waals surface area contributed by atoms with Crippen molar-refractivity contribution in [1.29, 1.82) is 0 Å². The Morgan fingerprint density at radius 2 is 2.23 bits per heavy atom. The summed E-state index contributed by atoms with van der Waals surface area (Å²) in [5.41, 5.74) is 1.52. The maximum Gasteiger partial charge on any atom is 0.345 e. The van der Waals surface area contributed by atoms with Gasteiger partial charge in [0.25, 0.3) is 5.91 Å². The van der Waals surface area contributed by atoms with E-state index in [0.29, 0.717) is 0 Å². The first-order valence-electron chi connectivity index (χ1n) is 3.39. The zero-order valence-electron chi connectivity index (χ0n) is 6.52. The van der Waals surface area contributed by atoms with E-state index >= 15 is 0 Å². The van der Waals surface area contributed by atoms with Gasteiger partial charge in [-0.15, -0.1) is 0 Å². The number of carbonyl (C=O) groups is 2. The molecule has 0 bridgehead atoms. The quantitative estimate of drug-likeness (QED) is 0.417. The van der Waals surface area contributed by atoms with Crippen molar-refractivity contribution >= 4 is 11.9 Å². The molecular formula is C7H7N3O3. The third kappa shape index (κ3) is 2.53. The molecule has 0 aliphatic heterocycles.